The van der Waals surface area contributed by atoms with Crippen molar-refractivity contribution in [3.05, 3.63) is 58.7 Å². The number of carbonyl (C=O) groups excluding carboxylic acids is 2. The van der Waals surface area contributed by atoms with Gasteiger partial charge in [-0.25, -0.2) is 8.42 Å². The zero-order valence-corrected chi connectivity index (χ0v) is 18.3. The Hall–Kier alpha value is -1.51. The molecule has 0 unspecified atom stereocenters. The second-order valence-electron chi connectivity index (χ2n) is 7.00. The molecule has 2 aliphatic carbocycles. The molecule has 2 aromatic carbocycles. The van der Waals surface area contributed by atoms with Gasteiger partial charge in [-0.1, -0.05) is 43.5 Å². The Morgan fingerprint density at radius 1 is 0.857 bits per heavy atom. The van der Waals surface area contributed by atoms with Gasteiger partial charge in [-0.05, 0) is 25.0 Å². The molecule has 0 heterocycles. The van der Waals surface area contributed by atoms with Crippen molar-refractivity contribution >= 4 is 27.4 Å². The smallest absolute Gasteiger partial charge is 0.744 e. The summed E-state index contributed by atoms with van der Waals surface area (Å²) in [6, 6.07) is 8.80. The fraction of sp³-hybridized carbons (Fsp3) is 0.300. The van der Waals surface area contributed by atoms with E-state index in [1.165, 1.54) is 6.07 Å². The van der Waals surface area contributed by atoms with Crippen molar-refractivity contribution in [2.75, 3.05) is 5.32 Å². The van der Waals surface area contributed by atoms with E-state index in [1.54, 1.807) is 24.3 Å². The first kappa shape index (κ1) is 21.2. The molecule has 1 fully saturated rings. The average molecular weight is 407 g/mol. The number of fused-ring (bicyclic) bond motifs is 2. The molecule has 8 heteroatoms. The summed E-state index contributed by atoms with van der Waals surface area (Å²) in [6.45, 7) is 0. The zero-order chi connectivity index (χ0) is 19.2. The first-order valence-corrected chi connectivity index (χ1v) is 10.4. The van der Waals surface area contributed by atoms with Gasteiger partial charge >= 0.3 is 29.6 Å². The predicted octanol–water partition coefficient (Wildman–Crippen LogP) is 0.115. The topological polar surface area (TPSA) is 103 Å². The predicted molar refractivity (Wildman–Crippen MR) is 98.2 cm³/mol. The Labute approximate surface area is 185 Å². The summed E-state index contributed by atoms with van der Waals surface area (Å²) >= 11 is 0. The van der Waals surface area contributed by atoms with Crippen LogP contribution < -0.4 is 34.9 Å². The van der Waals surface area contributed by atoms with Gasteiger partial charge in [0.25, 0.3) is 0 Å². The summed E-state index contributed by atoms with van der Waals surface area (Å²) < 4.78 is 35.5. The standard InChI is InChI=1S/C20H19NO5S.Na/c22-19-13-8-4-5-9-14(13)20(23)17-15(19)10-11-16(27(24,25)26)18(17)21-12-6-2-1-3-7-12;/h4-5,8-12,21H,1-3,6-7H2,(H,24,25,26);/q;+1/p-1. The van der Waals surface area contributed by atoms with E-state index in [0.29, 0.717) is 0 Å². The van der Waals surface area contributed by atoms with Crippen LogP contribution in [0.2, 0.25) is 0 Å². The van der Waals surface area contributed by atoms with Crippen molar-refractivity contribution in [3.8, 4) is 0 Å². The van der Waals surface area contributed by atoms with Crippen LogP contribution in [0.4, 0.5) is 5.69 Å². The molecular weight excluding hydrogens is 389 g/mol. The molecule has 1 N–H and O–H groups in total. The van der Waals surface area contributed by atoms with Crippen molar-refractivity contribution in [2.24, 2.45) is 0 Å². The maximum atomic E-state index is 13.1. The Morgan fingerprint density at radius 3 is 2.07 bits per heavy atom. The quantitative estimate of drug-likeness (QED) is 0.489. The maximum Gasteiger partial charge on any atom is 1.00 e. The third kappa shape index (κ3) is 3.69. The summed E-state index contributed by atoms with van der Waals surface area (Å²) in [4.78, 5) is 25.5. The molecule has 140 valence electrons. The minimum atomic E-state index is -4.81. The third-order valence-corrected chi connectivity index (χ3v) is 6.16. The summed E-state index contributed by atoms with van der Waals surface area (Å²) in [5.74, 6) is -0.786. The van der Waals surface area contributed by atoms with Crippen LogP contribution in [0.25, 0.3) is 0 Å². The number of anilines is 1. The summed E-state index contributed by atoms with van der Waals surface area (Å²) in [6.07, 6.45) is 4.72. The molecule has 6 nitrogen and oxygen atoms in total. The van der Waals surface area contributed by atoms with E-state index < -0.39 is 20.8 Å². The molecular formula is C20H18NNaO5S. The van der Waals surface area contributed by atoms with Crippen molar-refractivity contribution < 1.29 is 52.1 Å². The van der Waals surface area contributed by atoms with E-state index in [9.17, 15) is 22.6 Å². The molecule has 1 saturated carbocycles. The van der Waals surface area contributed by atoms with E-state index in [1.807, 2.05) is 0 Å². The SMILES string of the molecule is O=C1c2ccccc2C(=O)c2c1ccc(S(=O)(=O)[O-])c2NC1CCCCC1.[Na+]. The van der Waals surface area contributed by atoms with Crippen molar-refractivity contribution in [3.63, 3.8) is 0 Å². The number of benzene rings is 2. The minimum absolute atomic E-state index is 0. The van der Waals surface area contributed by atoms with E-state index in [0.717, 1.165) is 38.2 Å². The van der Waals surface area contributed by atoms with E-state index in [-0.39, 0.29) is 69.3 Å². The van der Waals surface area contributed by atoms with E-state index >= 15 is 0 Å². The molecule has 0 spiro atoms. The molecule has 0 amide bonds. The molecule has 28 heavy (non-hydrogen) atoms. The third-order valence-electron chi connectivity index (χ3n) is 5.28. The second kappa shape index (κ2) is 8.08. The first-order valence-electron chi connectivity index (χ1n) is 8.96. The van der Waals surface area contributed by atoms with Crippen molar-refractivity contribution in [1.82, 2.24) is 0 Å². The Balaban J connectivity index is 0.00000225. The Bertz CT molecular complexity index is 1060. The zero-order valence-electron chi connectivity index (χ0n) is 15.5. The van der Waals surface area contributed by atoms with E-state index in [4.69, 9.17) is 0 Å². The van der Waals surface area contributed by atoms with Crippen LogP contribution in [0.15, 0.2) is 41.3 Å². The molecule has 0 saturated heterocycles. The summed E-state index contributed by atoms with van der Waals surface area (Å²) in [5.41, 5.74) is 0.603. The van der Waals surface area contributed by atoms with Gasteiger partial charge in [0.15, 0.2) is 11.6 Å². The minimum Gasteiger partial charge on any atom is -0.744 e. The maximum absolute atomic E-state index is 13.1. The number of rotatable bonds is 3. The molecule has 0 aromatic heterocycles. The van der Waals surface area contributed by atoms with Crippen molar-refractivity contribution in [1.29, 1.82) is 0 Å². The molecule has 2 aliphatic rings. The van der Waals surface area contributed by atoms with Gasteiger partial charge < -0.3 is 9.87 Å². The number of ketones is 2. The second-order valence-corrected chi connectivity index (χ2v) is 8.35. The molecule has 4 rings (SSSR count). The normalized spacial score (nSPS) is 16.8. The van der Waals surface area contributed by atoms with Gasteiger partial charge in [-0.15, -0.1) is 0 Å². The number of hydrogen-bond acceptors (Lipinski definition) is 6. The molecule has 0 atom stereocenters. The van der Waals surface area contributed by atoms with Crippen LogP contribution in [0.3, 0.4) is 0 Å². The molecule has 0 aliphatic heterocycles. The van der Waals surface area contributed by atoms with Gasteiger partial charge in [-0.3, -0.25) is 9.59 Å². The Morgan fingerprint density at radius 2 is 1.46 bits per heavy atom. The van der Waals surface area contributed by atoms with Crippen LogP contribution >= 0.6 is 0 Å². The number of carbonyl (C=O) groups is 2. The van der Waals surface area contributed by atoms with Crippen LogP contribution in [-0.4, -0.2) is 30.6 Å². The van der Waals surface area contributed by atoms with Gasteiger partial charge in [0.2, 0.25) is 0 Å². The van der Waals surface area contributed by atoms with Gasteiger partial charge in [0, 0.05) is 22.7 Å². The molecule has 0 radical (unpaired) electrons. The molecule has 2 aromatic rings. The first-order chi connectivity index (χ1) is 12.9. The van der Waals surface area contributed by atoms with Crippen LogP contribution in [0.5, 0.6) is 0 Å². The summed E-state index contributed by atoms with van der Waals surface area (Å²) in [7, 11) is -4.81. The average Bonchev–Trinajstić information content (AvgIpc) is 2.66. The van der Waals surface area contributed by atoms with Crippen LogP contribution in [0.1, 0.15) is 63.9 Å². The Kier molecular flexibility index (Phi) is 6.12. The number of hydrogen-bond donors (Lipinski definition) is 1. The van der Waals surface area contributed by atoms with Gasteiger partial charge in [0.1, 0.15) is 10.1 Å². The summed E-state index contributed by atoms with van der Waals surface area (Å²) in [5, 5.41) is 3.11. The van der Waals surface area contributed by atoms with Crippen LogP contribution in [0, 0.1) is 0 Å². The largest absolute Gasteiger partial charge is 1.00 e. The fourth-order valence-corrected chi connectivity index (χ4v) is 4.62. The van der Waals surface area contributed by atoms with Gasteiger partial charge in [0.05, 0.1) is 16.1 Å². The van der Waals surface area contributed by atoms with E-state index in [2.05, 4.69) is 5.32 Å². The fourth-order valence-electron chi connectivity index (χ4n) is 3.97. The van der Waals surface area contributed by atoms with Crippen LogP contribution in [-0.2, 0) is 10.1 Å². The van der Waals surface area contributed by atoms with Crippen molar-refractivity contribution in [2.45, 2.75) is 43.0 Å². The number of nitrogens with one attached hydrogen (secondary N) is 1. The monoisotopic (exact) mass is 407 g/mol. The molecule has 0 bridgehead atoms. The van der Waals surface area contributed by atoms with Gasteiger partial charge in [-0.2, -0.15) is 0 Å².